The molecular formula is C22H18F3N3O4. The summed E-state index contributed by atoms with van der Waals surface area (Å²) in [7, 11) is 0. The summed E-state index contributed by atoms with van der Waals surface area (Å²) in [5.41, 5.74) is 1.22. The molecule has 10 heteroatoms. The van der Waals surface area contributed by atoms with Crippen molar-refractivity contribution in [3.05, 3.63) is 77.9 Å². The Bertz CT molecular complexity index is 1130. The van der Waals surface area contributed by atoms with Crippen LogP contribution in [-0.2, 0) is 25.8 Å². The Hall–Kier alpha value is -3.92. The predicted octanol–water partition coefficient (Wildman–Crippen LogP) is 3.70. The molecule has 0 aromatic heterocycles. The molecule has 3 rings (SSSR count). The van der Waals surface area contributed by atoms with Crippen LogP contribution in [0.25, 0.3) is 10.8 Å². The van der Waals surface area contributed by atoms with E-state index >= 15 is 0 Å². The molecule has 0 unspecified atom stereocenters. The molecule has 0 saturated heterocycles. The van der Waals surface area contributed by atoms with Crippen molar-refractivity contribution in [2.24, 2.45) is 10.9 Å². The lowest BCUT2D eigenvalue weighted by Gasteiger charge is -2.23. The SMILES string of the molecule is N/N=C/c1ccc2cccc(N(OC(=O)C(F)(F)F)C(=O)COCc3ccccc3)c2c1. The smallest absolute Gasteiger partial charge is 0.367 e. The molecule has 0 aliphatic rings. The number of alkyl halides is 3. The van der Waals surface area contributed by atoms with Crippen molar-refractivity contribution in [1.82, 2.24) is 0 Å². The number of nitrogens with zero attached hydrogens (tertiary/aromatic N) is 2. The monoisotopic (exact) mass is 445 g/mol. The van der Waals surface area contributed by atoms with Crippen LogP contribution in [0.2, 0.25) is 0 Å². The maximum atomic E-state index is 12.9. The molecule has 3 aromatic rings. The van der Waals surface area contributed by atoms with Gasteiger partial charge in [0.1, 0.15) is 6.61 Å². The average Bonchev–Trinajstić information content (AvgIpc) is 2.77. The second kappa shape index (κ2) is 9.92. The van der Waals surface area contributed by atoms with Crippen LogP contribution >= 0.6 is 0 Å². The van der Waals surface area contributed by atoms with Crippen LogP contribution in [0.1, 0.15) is 11.1 Å². The molecule has 0 bridgehead atoms. The minimum Gasteiger partial charge on any atom is -0.367 e. The van der Waals surface area contributed by atoms with Gasteiger partial charge in [0, 0.05) is 5.39 Å². The predicted molar refractivity (Wildman–Crippen MR) is 111 cm³/mol. The summed E-state index contributed by atoms with van der Waals surface area (Å²) in [6, 6.07) is 18.3. The van der Waals surface area contributed by atoms with Crippen LogP contribution in [0.4, 0.5) is 18.9 Å². The van der Waals surface area contributed by atoms with E-state index in [-0.39, 0.29) is 12.3 Å². The van der Waals surface area contributed by atoms with E-state index in [0.717, 1.165) is 5.56 Å². The van der Waals surface area contributed by atoms with E-state index in [4.69, 9.17) is 10.6 Å². The maximum absolute atomic E-state index is 12.9. The lowest BCUT2D eigenvalue weighted by Crippen LogP contribution is -2.40. The van der Waals surface area contributed by atoms with Crippen LogP contribution in [0, 0.1) is 0 Å². The number of anilines is 1. The summed E-state index contributed by atoms with van der Waals surface area (Å²) in [4.78, 5) is 28.7. The van der Waals surface area contributed by atoms with Crippen molar-refractivity contribution in [1.29, 1.82) is 0 Å². The molecule has 0 atom stereocenters. The minimum absolute atomic E-state index is 0.0420. The zero-order valence-electron chi connectivity index (χ0n) is 16.6. The van der Waals surface area contributed by atoms with Gasteiger partial charge in [-0.05, 0) is 28.6 Å². The molecule has 0 radical (unpaired) electrons. The minimum atomic E-state index is -5.30. The molecule has 0 fully saturated rings. The summed E-state index contributed by atoms with van der Waals surface area (Å²) in [6.45, 7) is -0.583. The zero-order chi connectivity index (χ0) is 23.1. The first-order valence-electron chi connectivity index (χ1n) is 9.29. The first-order chi connectivity index (χ1) is 15.3. The number of nitrogens with two attached hydrogens (primary N) is 1. The quantitative estimate of drug-likeness (QED) is 0.355. The molecule has 32 heavy (non-hydrogen) atoms. The molecule has 0 saturated carbocycles. The molecular weight excluding hydrogens is 427 g/mol. The molecule has 2 N–H and O–H groups in total. The van der Waals surface area contributed by atoms with Crippen LogP contribution in [0.15, 0.2) is 71.8 Å². The molecule has 0 aliphatic carbocycles. The Morgan fingerprint density at radius 3 is 2.47 bits per heavy atom. The number of carbonyl (C=O) groups is 2. The zero-order valence-corrected chi connectivity index (χ0v) is 16.6. The van der Waals surface area contributed by atoms with Crippen LogP contribution in [0.5, 0.6) is 0 Å². The number of halogens is 3. The Morgan fingerprint density at radius 1 is 1.03 bits per heavy atom. The number of carbonyl (C=O) groups excluding carboxylic acids is 2. The Kier molecular flexibility index (Phi) is 7.06. The molecule has 1 amide bonds. The third-order valence-electron chi connectivity index (χ3n) is 4.29. The summed E-state index contributed by atoms with van der Waals surface area (Å²) < 4.78 is 43.9. The number of hydrogen-bond acceptors (Lipinski definition) is 6. The maximum Gasteiger partial charge on any atom is 0.493 e. The third kappa shape index (κ3) is 5.61. The highest BCUT2D eigenvalue weighted by Gasteiger charge is 2.44. The van der Waals surface area contributed by atoms with Crippen LogP contribution < -0.4 is 10.9 Å². The standard InChI is InChI=1S/C22H18F3N3O4/c23-22(24,25)21(30)32-28(20(29)14-31-13-15-5-2-1-3-6-15)19-8-4-7-17-10-9-16(12-27-26)11-18(17)19/h1-12H,13-14,26H2/b27-12+. The highest BCUT2D eigenvalue weighted by atomic mass is 19.4. The van der Waals surface area contributed by atoms with Crippen molar-refractivity contribution in [2.75, 3.05) is 11.7 Å². The van der Waals surface area contributed by atoms with Gasteiger partial charge in [-0.25, -0.2) is 4.79 Å². The summed E-state index contributed by atoms with van der Waals surface area (Å²) in [5.74, 6) is 1.63. The number of hydroxylamine groups is 1. The average molecular weight is 445 g/mol. The largest absolute Gasteiger partial charge is 0.493 e. The van der Waals surface area contributed by atoms with Crippen LogP contribution in [0.3, 0.4) is 0 Å². The van der Waals surface area contributed by atoms with Crippen molar-refractivity contribution in [2.45, 2.75) is 12.8 Å². The lowest BCUT2D eigenvalue weighted by molar-refractivity contribution is -0.202. The van der Waals surface area contributed by atoms with Gasteiger partial charge in [-0.3, -0.25) is 4.79 Å². The van der Waals surface area contributed by atoms with Gasteiger partial charge in [-0.15, -0.1) is 5.06 Å². The Morgan fingerprint density at radius 2 is 1.78 bits per heavy atom. The van der Waals surface area contributed by atoms with E-state index in [2.05, 4.69) is 9.94 Å². The van der Waals surface area contributed by atoms with E-state index < -0.39 is 24.7 Å². The number of ether oxygens (including phenoxy) is 1. The number of amides is 1. The number of hydrogen-bond donors (Lipinski definition) is 1. The van der Waals surface area contributed by atoms with Gasteiger partial charge in [0.25, 0.3) is 5.91 Å². The molecule has 3 aromatic carbocycles. The first-order valence-corrected chi connectivity index (χ1v) is 9.29. The number of fused-ring (bicyclic) bond motifs is 1. The highest BCUT2D eigenvalue weighted by Crippen LogP contribution is 2.29. The Labute approximate surface area is 180 Å². The molecule has 166 valence electrons. The first kappa shape index (κ1) is 22.8. The fraction of sp³-hybridized carbons (Fsp3) is 0.136. The van der Waals surface area contributed by atoms with E-state index in [9.17, 15) is 22.8 Å². The third-order valence-corrected chi connectivity index (χ3v) is 4.29. The summed E-state index contributed by atoms with van der Waals surface area (Å²) in [6.07, 6.45) is -3.97. The van der Waals surface area contributed by atoms with Crippen LogP contribution in [-0.4, -0.2) is 30.9 Å². The van der Waals surface area contributed by atoms with Crippen molar-refractivity contribution in [3.8, 4) is 0 Å². The normalized spacial score (nSPS) is 11.6. The topological polar surface area (TPSA) is 94.2 Å². The van der Waals surface area contributed by atoms with Crippen molar-refractivity contribution in [3.63, 3.8) is 0 Å². The van der Waals surface area contributed by atoms with E-state index in [1.54, 1.807) is 54.6 Å². The van der Waals surface area contributed by atoms with Gasteiger partial charge in [-0.1, -0.05) is 54.6 Å². The van der Waals surface area contributed by atoms with Crippen molar-refractivity contribution < 1.29 is 32.3 Å². The summed E-state index contributed by atoms with van der Waals surface area (Å²) >= 11 is 0. The van der Waals surface area contributed by atoms with Gasteiger partial charge in [0.05, 0.1) is 18.5 Å². The van der Waals surface area contributed by atoms with E-state index in [1.165, 1.54) is 18.3 Å². The number of hydrazone groups is 1. The second-order valence-electron chi connectivity index (χ2n) is 6.58. The van der Waals surface area contributed by atoms with Gasteiger partial charge < -0.3 is 15.4 Å². The summed E-state index contributed by atoms with van der Waals surface area (Å²) in [5, 5.41) is 4.64. The number of benzene rings is 3. The molecule has 0 heterocycles. The van der Waals surface area contributed by atoms with Crippen molar-refractivity contribution >= 4 is 34.6 Å². The lowest BCUT2D eigenvalue weighted by atomic mass is 10.1. The van der Waals surface area contributed by atoms with Gasteiger partial charge in [-0.2, -0.15) is 18.3 Å². The second-order valence-corrected chi connectivity index (χ2v) is 6.58. The van der Waals surface area contributed by atoms with Gasteiger partial charge >= 0.3 is 12.1 Å². The number of rotatable bonds is 6. The van der Waals surface area contributed by atoms with E-state index in [1.807, 2.05) is 0 Å². The Balaban J connectivity index is 1.92. The fourth-order valence-electron chi connectivity index (χ4n) is 2.88. The molecule has 7 nitrogen and oxygen atoms in total. The van der Waals surface area contributed by atoms with E-state index in [0.29, 0.717) is 21.4 Å². The fourth-order valence-corrected chi connectivity index (χ4v) is 2.88. The molecule has 0 aliphatic heterocycles. The highest BCUT2D eigenvalue weighted by molar-refractivity contribution is 6.05. The van der Waals surface area contributed by atoms with Gasteiger partial charge in [0.15, 0.2) is 0 Å². The molecule has 0 spiro atoms. The van der Waals surface area contributed by atoms with Gasteiger partial charge in [0.2, 0.25) is 0 Å².